The van der Waals surface area contributed by atoms with Gasteiger partial charge in [-0.2, -0.15) is 18.3 Å². The summed E-state index contributed by atoms with van der Waals surface area (Å²) in [4.78, 5) is 27.2. The zero-order valence-electron chi connectivity index (χ0n) is 16.3. The lowest BCUT2D eigenvalue weighted by Gasteiger charge is -2.37. The number of H-pyrrole nitrogens is 1. The van der Waals surface area contributed by atoms with E-state index in [0.29, 0.717) is 26.1 Å². The maximum Gasteiger partial charge on any atom is 0.391 e. The lowest BCUT2D eigenvalue weighted by Crippen LogP contribution is -2.48. The Morgan fingerprint density at radius 3 is 2.45 bits per heavy atom. The number of alkyl halides is 3. The first-order valence-electron chi connectivity index (χ1n) is 10.0. The molecule has 1 aliphatic heterocycles. The second-order valence-corrected chi connectivity index (χ2v) is 7.48. The second-order valence-electron chi connectivity index (χ2n) is 7.48. The lowest BCUT2D eigenvalue weighted by atomic mass is 9.80. The molecule has 1 amide bonds. The fourth-order valence-electron chi connectivity index (χ4n) is 4.09. The van der Waals surface area contributed by atoms with Crippen molar-refractivity contribution in [2.24, 2.45) is 11.8 Å². The predicted octanol–water partition coefficient (Wildman–Crippen LogP) is 3.47. The van der Waals surface area contributed by atoms with E-state index in [1.807, 2.05) is 0 Å². The van der Waals surface area contributed by atoms with Crippen LogP contribution in [0.4, 0.5) is 19.0 Å². The molecule has 2 aliphatic rings. The topological polar surface area (TPSA) is 84.5 Å². The molecule has 0 spiro atoms. The first-order chi connectivity index (χ1) is 13.8. The number of hydrogen-bond acceptors (Lipinski definition) is 5. The summed E-state index contributed by atoms with van der Waals surface area (Å²) < 4.78 is 49.4. The largest absolute Gasteiger partial charge is 0.462 e. The van der Waals surface area contributed by atoms with Crippen LogP contribution in [0.5, 0.6) is 0 Å². The number of carbonyl (C=O) groups is 2. The first-order valence-corrected chi connectivity index (χ1v) is 10.0. The summed E-state index contributed by atoms with van der Waals surface area (Å²) in [6.07, 6.45) is -1.50. The molecule has 10 heteroatoms. The third-order valence-electron chi connectivity index (χ3n) is 5.68. The molecule has 1 N–H and O–H groups in total. The van der Waals surface area contributed by atoms with Crippen LogP contribution in [0.3, 0.4) is 0 Å². The van der Waals surface area contributed by atoms with Gasteiger partial charge in [-0.1, -0.05) is 0 Å². The number of aromatic nitrogens is 2. The Morgan fingerprint density at radius 2 is 1.86 bits per heavy atom. The minimum Gasteiger partial charge on any atom is -0.462 e. The van der Waals surface area contributed by atoms with Crippen molar-refractivity contribution in [2.45, 2.75) is 57.7 Å². The van der Waals surface area contributed by atoms with Gasteiger partial charge in [0.2, 0.25) is 5.91 Å². The molecule has 1 aliphatic carbocycles. The Kier molecular flexibility index (Phi) is 6.81. The molecule has 1 saturated carbocycles. The molecule has 162 valence electrons. The Balaban J connectivity index is 1.83. The van der Waals surface area contributed by atoms with Crippen molar-refractivity contribution in [3.63, 3.8) is 0 Å². The highest BCUT2D eigenvalue weighted by Gasteiger charge is 2.44. The highest BCUT2D eigenvalue weighted by Crippen LogP contribution is 2.41. The molecule has 3 rings (SSSR count). The molecule has 0 atom stereocenters. The molecule has 7 nitrogen and oxygen atoms in total. The zero-order chi connectivity index (χ0) is 21.0. The number of amides is 1. The maximum absolute atomic E-state index is 13.4. The molecule has 0 radical (unpaired) electrons. The van der Waals surface area contributed by atoms with Crippen LogP contribution in [0.15, 0.2) is 6.20 Å². The van der Waals surface area contributed by atoms with E-state index in [-0.39, 0.29) is 55.6 Å². The summed E-state index contributed by atoms with van der Waals surface area (Å²) in [6.45, 7) is 2.79. The van der Waals surface area contributed by atoms with E-state index >= 15 is 0 Å². The SMILES string of the molecule is CCOC(=O)c1c[nH]nc1N(C(=O)[C@H]1CC[C@H](C(F)(F)F)CC1)C1CCOCC1. The number of ether oxygens (including phenoxy) is 2. The molecule has 29 heavy (non-hydrogen) atoms. The third-order valence-corrected chi connectivity index (χ3v) is 5.68. The molecule has 0 bridgehead atoms. The van der Waals surface area contributed by atoms with Crippen LogP contribution in [0.2, 0.25) is 0 Å². The van der Waals surface area contributed by atoms with Crippen molar-refractivity contribution in [3.05, 3.63) is 11.8 Å². The standard InChI is InChI=1S/C19H26F3N3O4/c1-2-29-18(27)15-11-23-24-16(15)25(14-7-9-28-10-8-14)17(26)12-3-5-13(6-4-12)19(20,21)22/h11-14H,2-10H2,1H3,(H,23,24)/t12-,13-. The highest BCUT2D eigenvalue weighted by atomic mass is 19.4. The van der Waals surface area contributed by atoms with Crippen LogP contribution in [-0.2, 0) is 14.3 Å². The molecule has 2 heterocycles. The Morgan fingerprint density at radius 1 is 1.21 bits per heavy atom. The zero-order valence-corrected chi connectivity index (χ0v) is 16.3. The molecular formula is C19H26F3N3O4. The fourth-order valence-corrected chi connectivity index (χ4v) is 4.09. The number of rotatable bonds is 5. The second kappa shape index (κ2) is 9.15. The highest BCUT2D eigenvalue weighted by molar-refractivity contribution is 6.02. The Hall–Kier alpha value is -2.10. The van der Waals surface area contributed by atoms with Gasteiger partial charge in [-0.05, 0) is 45.4 Å². The normalized spacial score (nSPS) is 23.6. The van der Waals surface area contributed by atoms with E-state index in [0.717, 1.165) is 0 Å². The van der Waals surface area contributed by atoms with Gasteiger partial charge in [0.15, 0.2) is 5.82 Å². The van der Waals surface area contributed by atoms with E-state index in [1.54, 1.807) is 6.92 Å². The van der Waals surface area contributed by atoms with Gasteiger partial charge >= 0.3 is 12.1 Å². The van der Waals surface area contributed by atoms with E-state index < -0.39 is 24.0 Å². The summed E-state index contributed by atoms with van der Waals surface area (Å²) >= 11 is 0. The van der Waals surface area contributed by atoms with Crippen LogP contribution in [0.1, 0.15) is 55.8 Å². The van der Waals surface area contributed by atoms with Crippen LogP contribution < -0.4 is 4.90 Å². The minimum atomic E-state index is -4.23. The van der Waals surface area contributed by atoms with E-state index in [4.69, 9.17) is 9.47 Å². The van der Waals surface area contributed by atoms with Crippen LogP contribution >= 0.6 is 0 Å². The van der Waals surface area contributed by atoms with Gasteiger partial charge < -0.3 is 9.47 Å². The molecule has 1 saturated heterocycles. The number of carbonyl (C=O) groups excluding carboxylic acids is 2. The number of aromatic amines is 1. The molecule has 1 aromatic heterocycles. The molecule has 0 unspecified atom stereocenters. The summed E-state index contributed by atoms with van der Waals surface area (Å²) in [6, 6.07) is -0.229. The summed E-state index contributed by atoms with van der Waals surface area (Å²) in [5, 5.41) is 6.74. The molecule has 2 fully saturated rings. The van der Waals surface area contributed by atoms with Gasteiger partial charge in [0, 0.05) is 31.4 Å². The van der Waals surface area contributed by atoms with Gasteiger partial charge in [0.1, 0.15) is 5.56 Å². The first kappa shape index (κ1) is 21.6. The van der Waals surface area contributed by atoms with Gasteiger partial charge in [0.05, 0.1) is 12.5 Å². The summed E-state index contributed by atoms with van der Waals surface area (Å²) in [5.41, 5.74) is 0.149. The summed E-state index contributed by atoms with van der Waals surface area (Å²) in [5.74, 6) is -2.58. The average Bonchev–Trinajstić information content (AvgIpc) is 3.18. The van der Waals surface area contributed by atoms with E-state index in [1.165, 1.54) is 11.1 Å². The smallest absolute Gasteiger partial charge is 0.391 e. The minimum absolute atomic E-state index is 0.0627. The predicted molar refractivity (Wildman–Crippen MR) is 97.4 cm³/mol. The average molecular weight is 417 g/mol. The number of nitrogens with zero attached hydrogens (tertiary/aromatic N) is 2. The van der Waals surface area contributed by atoms with Gasteiger partial charge in [0.25, 0.3) is 0 Å². The maximum atomic E-state index is 13.4. The van der Waals surface area contributed by atoms with Crippen molar-refractivity contribution in [1.82, 2.24) is 10.2 Å². The fraction of sp³-hybridized carbons (Fsp3) is 0.737. The number of nitrogens with one attached hydrogen (secondary N) is 1. The van der Waals surface area contributed by atoms with Gasteiger partial charge in [-0.3, -0.25) is 14.8 Å². The molecule has 1 aromatic rings. The van der Waals surface area contributed by atoms with Crippen molar-refractivity contribution in [1.29, 1.82) is 0 Å². The monoisotopic (exact) mass is 417 g/mol. The van der Waals surface area contributed by atoms with Crippen molar-refractivity contribution in [3.8, 4) is 0 Å². The van der Waals surface area contributed by atoms with Crippen molar-refractivity contribution in [2.75, 3.05) is 24.7 Å². The Labute approximate surface area is 166 Å². The van der Waals surface area contributed by atoms with Crippen LogP contribution in [0, 0.1) is 11.8 Å². The van der Waals surface area contributed by atoms with Crippen molar-refractivity contribution < 1.29 is 32.2 Å². The van der Waals surface area contributed by atoms with Gasteiger partial charge in [-0.25, -0.2) is 4.79 Å². The van der Waals surface area contributed by atoms with Crippen LogP contribution in [-0.4, -0.2) is 54.1 Å². The number of anilines is 1. The quantitative estimate of drug-likeness (QED) is 0.742. The van der Waals surface area contributed by atoms with Crippen LogP contribution in [0.25, 0.3) is 0 Å². The number of esters is 1. The van der Waals surface area contributed by atoms with Gasteiger partial charge in [-0.15, -0.1) is 0 Å². The molecular weight excluding hydrogens is 391 g/mol. The third kappa shape index (κ3) is 4.91. The van der Waals surface area contributed by atoms with Crippen molar-refractivity contribution >= 4 is 17.7 Å². The van der Waals surface area contributed by atoms with E-state index in [9.17, 15) is 22.8 Å². The Bertz CT molecular complexity index is 708. The molecule has 0 aromatic carbocycles. The van der Waals surface area contributed by atoms with E-state index in [2.05, 4.69) is 10.2 Å². The number of halogens is 3. The summed E-state index contributed by atoms with van der Waals surface area (Å²) in [7, 11) is 0. The lowest BCUT2D eigenvalue weighted by molar-refractivity contribution is -0.184. The number of hydrogen-bond donors (Lipinski definition) is 1.